The maximum Gasteiger partial charge on any atom is 0.313 e. The van der Waals surface area contributed by atoms with Crippen LogP contribution in [0.2, 0.25) is 0 Å². The molecule has 3 saturated heterocycles. The molecule has 5 rings (SSSR count). The molecule has 5 aliphatic heterocycles. The number of ether oxygens (including phenoxy) is 3. The summed E-state index contributed by atoms with van der Waals surface area (Å²) < 4.78 is 17.3. The number of fused-ring (bicyclic) bond motifs is 2. The summed E-state index contributed by atoms with van der Waals surface area (Å²) in [5.41, 5.74) is -1.29. The molecule has 1 N–H and O–H groups in total. The maximum absolute atomic E-state index is 14.1. The Morgan fingerprint density at radius 2 is 1.89 bits per heavy atom. The Hall–Kier alpha value is -2.27. The normalized spacial score (nSPS) is 36.1. The SMILES string of the molecule is CC(C)C(CO)N1C(=O)[C@@H]2[C@H]3C(=O)OCC=C[C@H]3OC23C=CCN(CCN2CCOCC2)C(=O)[C@@H]13. The van der Waals surface area contributed by atoms with Gasteiger partial charge in [-0.05, 0) is 12.0 Å². The molecule has 0 radical (unpaired) electrons. The zero-order valence-electron chi connectivity index (χ0n) is 20.4. The van der Waals surface area contributed by atoms with Gasteiger partial charge in [0.15, 0.2) is 0 Å². The molecule has 3 fully saturated rings. The lowest BCUT2D eigenvalue weighted by atomic mass is 9.78. The van der Waals surface area contributed by atoms with Crippen LogP contribution >= 0.6 is 0 Å². The van der Waals surface area contributed by atoms with Crippen LogP contribution in [0.1, 0.15) is 13.8 Å². The van der Waals surface area contributed by atoms with Crippen LogP contribution in [0.3, 0.4) is 0 Å². The molecule has 10 nitrogen and oxygen atoms in total. The lowest BCUT2D eigenvalue weighted by Gasteiger charge is -2.40. The van der Waals surface area contributed by atoms with E-state index in [0.29, 0.717) is 32.8 Å². The molecule has 0 aromatic heterocycles. The summed E-state index contributed by atoms with van der Waals surface area (Å²) in [5, 5.41) is 10.3. The number of morpholine rings is 1. The van der Waals surface area contributed by atoms with Crippen LogP contribution in [0.15, 0.2) is 24.3 Å². The van der Waals surface area contributed by atoms with Gasteiger partial charge in [0.1, 0.15) is 24.2 Å². The highest BCUT2D eigenvalue weighted by Crippen LogP contribution is 2.54. The third-order valence-corrected chi connectivity index (χ3v) is 8.04. The van der Waals surface area contributed by atoms with Crippen molar-refractivity contribution in [3.8, 4) is 0 Å². The van der Waals surface area contributed by atoms with Gasteiger partial charge in [-0.25, -0.2) is 0 Å². The summed E-state index contributed by atoms with van der Waals surface area (Å²) >= 11 is 0. The highest BCUT2D eigenvalue weighted by atomic mass is 16.6. The molecule has 0 aliphatic carbocycles. The maximum atomic E-state index is 14.1. The van der Waals surface area contributed by atoms with Gasteiger partial charge >= 0.3 is 5.97 Å². The largest absolute Gasteiger partial charge is 0.461 e. The Labute approximate surface area is 205 Å². The van der Waals surface area contributed by atoms with Gasteiger partial charge in [0.05, 0.1) is 37.9 Å². The van der Waals surface area contributed by atoms with Gasteiger partial charge in [-0.3, -0.25) is 19.3 Å². The number of aliphatic hydroxyl groups is 1. The number of amides is 2. The number of carbonyl (C=O) groups is 3. The van der Waals surface area contributed by atoms with E-state index in [0.717, 1.165) is 13.1 Å². The molecular formula is C25H35N3O7. The number of hydrogen-bond acceptors (Lipinski definition) is 8. The molecular weight excluding hydrogens is 454 g/mol. The number of carbonyl (C=O) groups excluding carboxylic acids is 3. The van der Waals surface area contributed by atoms with E-state index < -0.39 is 41.6 Å². The van der Waals surface area contributed by atoms with Crippen LogP contribution < -0.4 is 0 Å². The van der Waals surface area contributed by atoms with Crippen molar-refractivity contribution < 1.29 is 33.7 Å². The van der Waals surface area contributed by atoms with Crippen molar-refractivity contribution in [3.05, 3.63) is 24.3 Å². The van der Waals surface area contributed by atoms with Crippen LogP contribution in [0.25, 0.3) is 0 Å². The molecule has 0 aromatic rings. The van der Waals surface area contributed by atoms with Gasteiger partial charge in [0, 0.05) is 32.7 Å². The van der Waals surface area contributed by atoms with Gasteiger partial charge in [-0.2, -0.15) is 0 Å². The average Bonchev–Trinajstić information content (AvgIpc) is 3.14. The second-order valence-electron chi connectivity index (χ2n) is 10.3. The Bertz CT molecular complexity index is 915. The number of nitrogens with zero attached hydrogens (tertiary/aromatic N) is 3. The molecule has 1 spiro atoms. The Morgan fingerprint density at radius 3 is 2.60 bits per heavy atom. The first-order valence-corrected chi connectivity index (χ1v) is 12.6. The predicted octanol–water partition coefficient (Wildman–Crippen LogP) is -0.572. The summed E-state index contributed by atoms with van der Waals surface area (Å²) in [5.74, 6) is -2.87. The van der Waals surface area contributed by atoms with Crippen molar-refractivity contribution in [1.29, 1.82) is 0 Å². The van der Waals surface area contributed by atoms with Crippen LogP contribution in [-0.2, 0) is 28.6 Å². The standard InChI is InChI=1S/C25H35N3O7/c1-16(2)17(15-29)28-21-23(31)27(9-8-26-10-13-33-14-11-26)7-4-6-25(21)20(22(28)30)19-18(35-25)5-3-12-34-24(19)32/h3-6,16-21,29H,7-15H2,1-2H3/t17?,18-,19+,20+,21-,25?/m1/s1. The zero-order valence-corrected chi connectivity index (χ0v) is 20.4. The zero-order chi connectivity index (χ0) is 24.7. The van der Waals surface area contributed by atoms with Gasteiger partial charge in [-0.15, -0.1) is 0 Å². The van der Waals surface area contributed by atoms with E-state index in [1.807, 2.05) is 26.0 Å². The smallest absolute Gasteiger partial charge is 0.313 e. The summed E-state index contributed by atoms with van der Waals surface area (Å²) in [7, 11) is 0. The quantitative estimate of drug-likeness (QED) is 0.390. The summed E-state index contributed by atoms with van der Waals surface area (Å²) in [6.45, 7) is 8.25. The fourth-order valence-corrected chi connectivity index (χ4v) is 6.22. The van der Waals surface area contributed by atoms with Crippen molar-refractivity contribution in [2.75, 3.05) is 59.2 Å². The first-order chi connectivity index (χ1) is 16.9. The average molecular weight is 490 g/mol. The van der Waals surface area contributed by atoms with Crippen molar-refractivity contribution in [2.45, 2.75) is 37.6 Å². The summed E-state index contributed by atoms with van der Waals surface area (Å²) in [6.07, 6.45) is 6.54. The van der Waals surface area contributed by atoms with Gasteiger partial charge in [-0.1, -0.05) is 32.1 Å². The summed E-state index contributed by atoms with van der Waals surface area (Å²) in [4.78, 5) is 46.6. The third kappa shape index (κ3) is 4.00. The number of hydrogen-bond donors (Lipinski definition) is 1. The monoisotopic (exact) mass is 489 g/mol. The number of likely N-dealkylation sites (tertiary alicyclic amines) is 1. The van der Waals surface area contributed by atoms with Crippen molar-refractivity contribution in [2.24, 2.45) is 17.8 Å². The van der Waals surface area contributed by atoms with Crippen LogP contribution in [0, 0.1) is 17.8 Å². The predicted molar refractivity (Wildman–Crippen MR) is 124 cm³/mol. The third-order valence-electron chi connectivity index (χ3n) is 8.04. The molecule has 0 aromatic carbocycles. The Morgan fingerprint density at radius 1 is 1.11 bits per heavy atom. The van der Waals surface area contributed by atoms with Crippen molar-refractivity contribution in [1.82, 2.24) is 14.7 Å². The van der Waals surface area contributed by atoms with Gasteiger partial charge in [0.2, 0.25) is 11.8 Å². The van der Waals surface area contributed by atoms with Crippen molar-refractivity contribution >= 4 is 17.8 Å². The van der Waals surface area contributed by atoms with E-state index in [-0.39, 0.29) is 30.9 Å². The fraction of sp³-hybridized carbons (Fsp3) is 0.720. The molecule has 2 unspecified atom stereocenters. The Kier molecular flexibility index (Phi) is 6.73. The minimum Gasteiger partial charge on any atom is -0.461 e. The van der Waals surface area contributed by atoms with E-state index in [4.69, 9.17) is 14.2 Å². The number of esters is 1. The van der Waals surface area contributed by atoms with Crippen molar-refractivity contribution in [3.63, 3.8) is 0 Å². The molecule has 5 heterocycles. The molecule has 192 valence electrons. The first kappa shape index (κ1) is 24.4. The van der Waals surface area contributed by atoms with Crippen LogP contribution in [0.4, 0.5) is 0 Å². The second-order valence-corrected chi connectivity index (χ2v) is 10.3. The Balaban J connectivity index is 1.51. The molecule has 6 atom stereocenters. The van der Waals surface area contributed by atoms with E-state index in [9.17, 15) is 19.5 Å². The van der Waals surface area contributed by atoms with E-state index in [1.165, 1.54) is 4.90 Å². The molecule has 2 amide bonds. The first-order valence-electron chi connectivity index (χ1n) is 12.6. The number of cyclic esters (lactones) is 1. The number of aliphatic hydroxyl groups excluding tert-OH is 1. The topological polar surface area (TPSA) is 109 Å². The fourth-order valence-electron chi connectivity index (χ4n) is 6.22. The lowest BCUT2D eigenvalue weighted by Crippen LogP contribution is -2.59. The highest BCUT2D eigenvalue weighted by Gasteiger charge is 2.72. The highest BCUT2D eigenvalue weighted by molar-refractivity contribution is 5.99. The van der Waals surface area contributed by atoms with E-state index >= 15 is 0 Å². The number of rotatable bonds is 6. The molecule has 0 saturated carbocycles. The minimum atomic E-state index is -1.29. The van der Waals surface area contributed by atoms with Crippen LogP contribution in [-0.4, -0.2) is 121 Å². The van der Waals surface area contributed by atoms with Crippen LogP contribution in [0.5, 0.6) is 0 Å². The van der Waals surface area contributed by atoms with E-state index in [1.54, 1.807) is 17.1 Å². The van der Waals surface area contributed by atoms with E-state index in [2.05, 4.69) is 4.90 Å². The molecule has 0 bridgehead atoms. The molecule has 10 heteroatoms. The molecule has 35 heavy (non-hydrogen) atoms. The summed E-state index contributed by atoms with van der Waals surface area (Å²) in [6, 6.07) is -1.54. The lowest BCUT2D eigenvalue weighted by molar-refractivity contribution is -0.155. The molecule has 5 aliphatic rings. The van der Waals surface area contributed by atoms with Gasteiger partial charge in [0.25, 0.3) is 0 Å². The minimum absolute atomic E-state index is 0.0987. The second kappa shape index (κ2) is 9.65. The van der Waals surface area contributed by atoms with Gasteiger partial charge < -0.3 is 29.1 Å².